The van der Waals surface area contributed by atoms with E-state index in [1.54, 1.807) is 0 Å². The van der Waals surface area contributed by atoms with Crippen molar-refractivity contribution < 1.29 is 9.90 Å². The lowest BCUT2D eigenvalue weighted by atomic mass is 9.86. The molecule has 0 amide bonds. The largest absolute Gasteiger partial charge is 0.516 e. The number of hydrogen-bond acceptors (Lipinski definition) is 1. The third-order valence-electron chi connectivity index (χ3n) is 2.09. The highest BCUT2D eigenvalue weighted by Crippen LogP contribution is 2.31. The highest BCUT2D eigenvalue weighted by atomic mass is 35.5. The normalized spacial score (nSPS) is 35.5. The number of hydrogen-bond donors (Lipinski definition) is 1. The molecular formula is C8H12ClO2+. The number of aldehydes is 1. The summed E-state index contributed by atoms with van der Waals surface area (Å²) in [6.07, 6.45) is 4.92. The van der Waals surface area contributed by atoms with Crippen molar-refractivity contribution >= 4 is 17.9 Å². The van der Waals surface area contributed by atoms with Crippen LogP contribution in [0.25, 0.3) is 0 Å². The van der Waals surface area contributed by atoms with Crippen LogP contribution < -0.4 is 0 Å². The van der Waals surface area contributed by atoms with Gasteiger partial charge in [-0.1, -0.05) is 0 Å². The molecular weight excluding hydrogens is 164 g/mol. The SMILES string of the molecule is O/C=C1\CCCC(C=[OH+])C1Cl. The Balaban J connectivity index is 2.66. The molecule has 2 atom stereocenters. The zero-order chi connectivity index (χ0) is 8.27. The van der Waals surface area contributed by atoms with Crippen molar-refractivity contribution in [3.8, 4) is 0 Å². The molecule has 1 aliphatic rings. The monoisotopic (exact) mass is 175 g/mol. The van der Waals surface area contributed by atoms with Crippen LogP contribution in [0.3, 0.4) is 0 Å². The first-order chi connectivity index (χ1) is 5.29. The lowest BCUT2D eigenvalue weighted by molar-refractivity contribution is 0.437. The molecule has 1 saturated carbocycles. The van der Waals surface area contributed by atoms with Crippen LogP contribution in [0.15, 0.2) is 11.8 Å². The molecule has 2 nitrogen and oxygen atoms in total. The second kappa shape index (κ2) is 3.77. The number of halogens is 1. The summed E-state index contributed by atoms with van der Waals surface area (Å²) in [6, 6.07) is 0. The fourth-order valence-electron chi connectivity index (χ4n) is 1.39. The minimum atomic E-state index is -0.223. The maximum absolute atomic E-state index is 8.76. The Morgan fingerprint density at radius 1 is 1.64 bits per heavy atom. The number of aliphatic hydroxyl groups excluding tert-OH is 1. The second-order valence-electron chi connectivity index (χ2n) is 2.81. The number of aliphatic hydroxyl groups is 1. The summed E-state index contributed by atoms with van der Waals surface area (Å²) in [5.41, 5.74) is 0.827. The molecule has 0 aromatic rings. The van der Waals surface area contributed by atoms with E-state index in [1.807, 2.05) is 0 Å². The van der Waals surface area contributed by atoms with E-state index in [0.29, 0.717) is 0 Å². The van der Waals surface area contributed by atoms with Gasteiger partial charge in [0.1, 0.15) is 0 Å². The van der Waals surface area contributed by atoms with E-state index in [0.717, 1.165) is 37.4 Å². The van der Waals surface area contributed by atoms with Crippen molar-refractivity contribution in [3.05, 3.63) is 11.8 Å². The molecule has 11 heavy (non-hydrogen) atoms. The van der Waals surface area contributed by atoms with Crippen LogP contribution >= 0.6 is 11.6 Å². The summed E-state index contributed by atoms with van der Waals surface area (Å²) in [6.45, 7) is 0. The van der Waals surface area contributed by atoms with Crippen molar-refractivity contribution in [2.45, 2.75) is 24.6 Å². The molecule has 2 unspecified atom stereocenters. The number of alkyl halides is 1. The first-order valence-electron chi connectivity index (χ1n) is 3.74. The Morgan fingerprint density at radius 2 is 2.36 bits per heavy atom. The van der Waals surface area contributed by atoms with Crippen molar-refractivity contribution in [2.24, 2.45) is 5.92 Å². The Morgan fingerprint density at radius 3 is 2.91 bits per heavy atom. The van der Waals surface area contributed by atoms with E-state index < -0.39 is 0 Å². The fraction of sp³-hybridized carbons (Fsp3) is 0.625. The van der Waals surface area contributed by atoms with Crippen LogP contribution in [-0.2, 0) is 0 Å². The lowest BCUT2D eigenvalue weighted by Gasteiger charge is -2.22. The Labute approximate surface area is 70.9 Å². The molecule has 1 aliphatic carbocycles. The zero-order valence-corrected chi connectivity index (χ0v) is 6.96. The molecule has 0 radical (unpaired) electrons. The summed E-state index contributed by atoms with van der Waals surface area (Å²) >= 11 is 5.93. The van der Waals surface area contributed by atoms with Gasteiger partial charge in [0.2, 0.25) is 0 Å². The minimum absolute atomic E-state index is 0.00353. The van der Waals surface area contributed by atoms with E-state index >= 15 is 0 Å². The average molecular weight is 176 g/mol. The van der Waals surface area contributed by atoms with Gasteiger partial charge in [0, 0.05) is 0 Å². The van der Waals surface area contributed by atoms with E-state index in [1.165, 1.54) is 0 Å². The first-order valence-corrected chi connectivity index (χ1v) is 4.18. The molecule has 1 rings (SSSR count). The molecule has 3 heteroatoms. The highest BCUT2D eigenvalue weighted by molar-refractivity contribution is 6.23. The standard InChI is InChI=1S/C8H11ClO2/c9-8-6(4-10)2-1-3-7(8)5-11/h4-6,8,11H,1-3H2/p+1/b7-5+. The van der Waals surface area contributed by atoms with Gasteiger partial charge >= 0.3 is 0 Å². The fourth-order valence-corrected chi connectivity index (χ4v) is 1.74. The summed E-state index contributed by atoms with van der Waals surface area (Å²) in [4.78, 5) is 8.76. The zero-order valence-electron chi connectivity index (χ0n) is 6.20. The van der Waals surface area contributed by atoms with E-state index in [9.17, 15) is 0 Å². The number of rotatable bonds is 1. The summed E-state index contributed by atoms with van der Waals surface area (Å²) in [7, 11) is 0. The van der Waals surface area contributed by atoms with Gasteiger partial charge < -0.3 is 5.11 Å². The molecule has 0 aromatic heterocycles. The van der Waals surface area contributed by atoms with Gasteiger partial charge in [-0.15, -0.1) is 11.6 Å². The van der Waals surface area contributed by atoms with Crippen LogP contribution in [0.2, 0.25) is 0 Å². The third-order valence-corrected chi connectivity index (χ3v) is 2.69. The predicted molar refractivity (Wildman–Crippen MR) is 45.7 cm³/mol. The van der Waals surface area contributed by atoms with Gasteiger partial charge in [-0.05, 0) is 24.8 Å². The van der Waals surface area contributed by atoms with Gasteiger partial charge in [-0.25, -0.2) is 0 Å². The third kappa shape index (κ3) is 1.74. The van der Waals surface area contributed by atoms with Crippen molar-refractivity contribution in [2.75, 3.05) is 0 Å². The molecule has 2 N–H and O–H groups in total. The van der Waals surface area contributed by atoms with Gasteiger partial charge in [0.15, 0.2) is 0 Å². The Kier molecular flexibility index (Phi) is 2.94. The number of allylic oxidation sites excluding steroid dienone is 1. The Hall–Kier alpha value is -0.500. The van der Waals surface area contributed by atoms with Crippen LogP contribution in [0.5, 0.6) is 0 Å². The van der Waals surface area contributed by atoms with Crippen LogP contribution in [0.4, 0.5) is 0 Å². The molecule has 1 fully saturated rings. The molecule has 0 spiro atoms. The maximum Gasteiger partial charge on any atom is 0.286 e. The topological polar surface area (TPSA) is 41.6 Å². The van der Waals surface area contributed by atoms with E-state index in [4.69, 9.17) is 21.5 Å². The maximum atomic E-state index is 8.76. The van der Waals surface area contributed by atoms with Gasteiger partial charge in [0.05, 0.1) is 17.6 Å². The number of carbonyl (C=O) groups excluding carboxylic acids is 1. The highest BCUT2D eigenvalue weighted by Gasteiger charge is 2.29. The van der Waals surface area contributed by atoms with Gasteiger partial charge in [-0.3, -0.25) is 4.79 Å². The first kappa shape index (κ1) is 8.60. The quantitative estimate of drug-likeness (QED) is 0.282. The van der Waals surface area contributed by atoms with Crippen molar-refractivity contribution in [3.63, 3.8) is 0 Å². The van der Waals surface area contributed by atoms with Crippen molar-refractivity contribution in [1.82, 2.24) is 0 Å². The van der Waals surface area contributed by atoms with Crippen LogP contribution in [-0.4, -0.2) is 21.6 Å². The average Bonchev–Trinajstić information content (AvgIpc) is 2.05. The van der Waals surface area contributed by atoms with Crippen LogP contribution in [0, 0.1) is 5.92 Å². The Bertz CT molecular complexity index is 177. The summed E-state index contributed by atoms with van der Waals surface area (Å²) < 4.78 is 0. The van der Waals surface area contributed by atoms with Gasteiger partial charge in [0.25, 0.3) is 6.29 Å². The lowest BCUT2D eigenvalue weighted by Crippen LogP contribution is -2.23. The molecule has 62 valence electrons. The van der Waals surface area contributed by atoms with Gasteiger partial charge in [-0.2, -0.15) is 0 Å². The van der Waals surface area contributed by atoms with Crippen molar-refractivity contribution in [1.29, 1.82) is 0 Å². The molecule has 0 aliphatic heterocycles. The van der Waals surface area contributed by atoms with Crippen LogP contribution in [0.1, 0.15) is 19.3 Å². The van der Waals surface area contributed by atoms with E-state index in [2.05, 4.69) is 0 Å². The smallest absolute Gasteiger partial charge is 0.286 e. The molecule has 0 heterocycles. The molecule has 0 bridgehead atoms. The summed E-state index contributed by atoms with van der Waals surface area (Å²) in [5.74, 6) is 0.00353. The molecule has 0 saturated heterocycles. The molecule has 0 aromatic carbocycles. The minimum Gasteiger partial charge on any atom is -0.516 e. The summed E-state index contributed by atoms with van der Waals surface area (Å²) in [5, 5.41) is 8.51. The second-order valence-corrected chi connectivity index (χ2v) is 3.28. The van der Waals surface area contributed by atoms with E-state index in [-0.39, 0.29) is 11.3 Å². The predicted octanol–water partition coefficient (Wildman–Crippen LogP) is 2.01.